The normalized spacial score (nSPS) is 9.76. The van der Waals surface area contributed by atoms with E-state index in [4.69, 9.17) is 11.5 Å². The van der Waals surface area contributed by atoms with Crippen LogP contribution in [0.4, 0.5) is 17.1 Å². The molecule has 6 N–H and O–H groups in total. The molecule has 3 rings (SSSR count). The van der Waals surface area contributed by atoms with E-state index in [9.17, 15) is 4.79 Å². The summed E-state index contributed by atoms with van der Waals surface area (Å²) >= 11 is 0. The van der Waals surface area contributed by atoms with E-state index in [2.05, 4.69) is 15.3 Å². The van der Waals surface area contributed by atoms with Crippen molar-refractivity contribution in [3.8, 4) is 0 Å². The average Bonchev–Trinajstić information content (AvgIpc) is 2.82. The Morgan fingerprint density at radius 3 is 2.43 bits per heavy atom. The summed E-state index contributed by atoms with van der Waals surface area (Å²) < 4.78 is 0. The van der Waals surface area contributed by atoms with E-state index in [0.29, 0.717) is 12.1 Å². The van der Waals surface area contributed by atoms with Crippen LogP contribution in [0.25, 0.3) is 11.0 Å². The molecule has 6 heteroatoms. The first-order chi connectivity index (χ1) is 10.1. The molecular formula is C15H17N5O. The molecule has 0 fully saturated rings. The second kappa shape index (κ2) is 6.42. The molecule has 0 saturated heterocycles. The predicted octanol–water partition coefficient (Wildman–Crippen LogP) is 2.29. The van der Waals surface area contributed by atoms with Crippen molar-refractivity contribution < 1.29 is 4.79 Å². The molecule has 3 aromatic rings. The Morgan fingerprint density at radius 1 is 1.10 bits per heavy atom. The van der Waals surface area contributed by atoms with Gasteiger partial charge in [0, 0.05) is 17.1 Å². The lowest BCUT2D eigenvalue weighted by atomic mass is 10.3. The van der Waals surface area contributed by atoms with Gasteiger partial charge in [0.15, 0.2) is 0 Å². The van der Waals surface area contributed by atoms with Crippen molar-refractivity contribution in [2.75, 3.05) is 16.8 Å². The molecule has 0 aliphatic heterocycles. The number of hydrogen-bond acceptors (Lipinski definition) is 4. The van der Waals surface area contributed by atoms with Gasteiger partial charge in [-0.05, 0) is 49.4 Å². The van der Waals surface area contributed by atoms with E-state index in [1.165, 1.54) is 0 Å². The van der Waals surface area contributed by atoms with Gasteiger partial charge in [-0.1, -0.05) is 0 Å². The molecule has 0 aliphatic carbocycles. The van der Waals surface area contributed by atoms with Crippen LogP contribution in [0.1, 0.15) is 5.82 Å². The van der Waals surface area contributed by atoms with Gasteiger partial charge < -0.3 is 21.8 Å². The molecule has 2 aromatic carbocycles. The highest BCUT2D eigenvalue weighted by molar-refractivity contribution is 5.78. The van der Waals surface area contributed by atoms with Gasteiger partial charge in [-0.3, -0.25) is 4.79 Å². The van der Waals surface area contributed by atoms with Crippen LogP contribution in [0.15, 0.2) is 42.5 Å². The number of hydrogen-bond donors (Lipinski definition) is 4. The van der Waals surface area contributed by atoms with Crippen molar-refractivity contribution in [2.45, 2.75) is 6.92 Å². The Bertz CT molecular complexity index is 733. The summed E-state index contributed by atoms with van der Waals surface area (Å²) in [6.45, 7) is 1.93. The van der Waals surface area contributed by atoms with Gasteiger partial charge in [0.2, 0.25) is 6.41 Å². The summed E-state index contributed by atoms with van der Waals surface area (Å²) in [6, 6.07) is 12.6. The summed E-state index contributed by atoms with van der Waals surface area (Å²) in [5, 5.41) is 2.50. The van der Waals surface area contributed by atoms with E-state index >= 15 is 0 Å². The van der Waals surface area contributed by atoms with Gasteiger partial charge >= 0.3 is 0 Å². The number of carbonyl (C=O) groups excluding carboxylic acids is 1. The van der Waals surface area contributed by atoms with Crippen LogP contribution in [0.3, 0.4) is 0 Å². The monoisotopic (exact) mass is 283 g/mol. The number of aryl methyl sites for hydroxylation is 1. The van der Waals surface area contributed by atoms with E-state index in [1.54, 1.807) is 24.3 Å². The number of carbonyl (C=O) groups is 1. The van der Waals surface area contributed by atoms with E-state index in [0.717, 1.165) is 28.2 Å². The minimum absolute atomic E-state index is 0.630. The zero-order valence-corrected chi connectivity index (χ0v) is 11.6. The van der Waals surface area contributed by atoms with Crippen LogP contribution in [-0.4, -0.2) is 16.4 Å². The predicted molar refractivity (Wildman–Crippen MR) is 85.8 cm³/mol. The van der Waals surface area contributed by atoms with Crippen LogP contribution < -0.4 is 16.8 Å². The van der Waals surface area contributed by atoms with Gasteiger partial charge in [0.1, 0.15) is 5.82 Å². The van der Waals surface area contributed by atoms with Crippen molar-refractivity contribution >= 4 is 34.5 Å². The molecule has 0 spiro atoms. The number of benzene rings is 2. The fourth-order valence-corrected chi connectivity index (χ4v) is 1.80. The Labute approximate surface area is 122 Å². The van der Waals surface area contributed by atoms with Gasteiger partial charge in [0.05, 0.1) is 11.0 Å². The molecule has 21 heavy (non-hydrogen) atoms. The van der Waals surface area contributed by atoms with Crippen molar-refractivity contribution in [2.24, 2.45) is 0 Å². The highest BCUT2D eigenvalue weighted by Gasteiger charge is 1.97. The number of aromatic amines is 1. The molecule has 6 nitrogen and oxygen atoms in total. The summed E-state index contributed by atoms with van der Waals surface area (Å²) in [5.74, 6) is 0.922. The van der Waals surface area contributed by atoms with E-state index in [-0.39, 0.29) is 0 Å². The van der Waals surface area contributed by atoms with Crippen LogP contribution in [0.2, 0.25) is 0 Å². The standard InChI is InChI=1S/C8H9N3.C7H8N2O/c1-5-10-7-3-2-6(9)4-8(7)11-5;8-6-1-3-7(4-2-6)9-5-10/h2-4H,9H2,1H3,(H,10,11);1-5H,8H2,(H,9,10). The van der Waals surface area contributed by atoms with Gasteiger partial charge in [-0.25, -0.2) is 4.98 Å². The molecule has 108 valence electrons. The minimum atomic E-state index is 0.630. The highest BCUT2D eigenvalue weighted by atomic mass is 16.1. The number of H-pyrrole nitrogens is 1. The molecule has 0 saturated carbocycles. The number of nitrogens with zero attached hydrogens (tertiary/aromatic N) is 1. The Morgan fingerprint density at radius 2 is 1.76 bits per heavy atom. The molecule has 0 atom stereocenters. The Balaban J connectivity index is 0.000000155. The molecule has 0 bridgehead atoms. The second-order valence-electron chi connectivity index (χ2n) is 4.48. The number of fused-ring (bicyclic) bond motifs is 1. The SMILES string of the molecule is Cc1nc2ccc(N)cc2[nH]1.Nc1ccc(NC=O)cc1. The number of nitrogen functional groups attached to an aromatic ring is 2. The van der Waals surface area contributed by atoms with Crippen molar-refractivity contribution in [3.63, 3.8) is 0 Å². The number of imidazole rings is 1. The number of nitrogens with one attached hydrogen (secondary N) is 2. The second-order valence-corrected chi connectivity index (χ2v) is 4.48. The van der Waals surface area contributed by atoms with E-state index in [1.807, 2.05) is 25.1 Å². The first-order valence-electron chi connectivity index (χ1n) is 6.36. The van der Waals surface area contributed by atoms with Crippen LogP contribution in [-0.2, 0) is 4.79 Å². The molecule has 1 aromatic heterocycles. The quantitative estimate of drug-likeness (QED) is 0.427. The first-order valence-corrected chi connectivity index (χ1v) is 6.36. The number of nitrogens with two attached hydrogens (primary N) is 2. The lowest BCUT2D eigenvalue weighted by Crippen LogP contribution is -1.93. The zero-order valence-electron chi connectivity index (χ0n) is 11.6. The highest BCUT2D eigenvalue weighted by Crippen LogP contribution is 2.14. The maximum absolute atomic E-state index is 9.92. The summed E-state index contributed by atoms with van der Waals surface area (Å²) in [7, 11) is 0. The largest absolute Gasteiger partial charge is 0.399 e. The first kappa shape index (κ1) is 14.4. The lowest BCUT2D eigenvalue weighted by molar-refractivity contribution is -0.105. The summed E-state index contributed by atoms with van der Waals surface area (Å²) in [5.41, 5.74) is 15.2. The topological polar surface area (TPSA) is 110 Å². The van der Waals surface area contributed by atoms with Crippen molar-refractivity contribution in [1.82, 2.24) is 9.97 Å². The van der Waals surface area contributed by atoms with Crippen LogP contribution in [0, 0.1) is 6.92 Å². The van der Waals surface area contributed by atoms with Crippen molar-refractivity contribution in [3.05, 3.63) is 48.3 Å². The smallest absolute Gasteiger partial charge is 0.211 e. The Hall–Kier alpha value is -3.02. The molecule has 1 heterocycles. The van der Waals surface area contributed by atoms with Gasteiger partial charge in [-0.2, -0.15) is 0 Å². The maximum atomic E-state index is 9.92. The van der Waals surface area contributed by atoms with Crippen LogP contribution in [0.5, 0.6) is 0 Å². The fourth-order valence-electron chi connectivity index (χ4n) is 1.80. The molecule has 0 aliphatic rings. The number of rotatable bonds is 2. The Kier molecular flexibility index (Phi) is 4.40. The summed E-state index contributed by atoms with van der Waals surface area (Å²) in [4.78, 5) is 17.3. The molecule has 0 unspecified atom stereocenters. The maximum Gasteiger partial charge on any atom is 0.211 e. The third-order valence-corrected chi connectivity index (χ3v) is 2.76. The lowest BCUT2D eigenvalue weighted by Gasteiger charge is -1.96. The average molecular weight is 283 g/mol. The number of aromatic nitrogens is 2. The number of amides is 1. The van der Waals surface area contributed by atoms with Crippen molar-refractivity contribution in [1.29, 1.82) is 0 Å². The minimum Gasteiger partial charge on any atom is -0.399 e. The third kappa shape index (κ3) is 3.97. The summed E-state index contributed by atoms with van der Waals surface area (Å²) in [6.07, 6.45) is 0.630. The van der Waals surface area contributed by atoms with Gasteiger partial charge in [-0.15, -0.1) is 0 Å². The molecule has 1 amide bonds. The van der Waals surface area contributed by atoms with E-state index < -0.39 is 0 Å². The third-order valence-electron chi connectivity index (χ3n) is 2.76. The van der Waals surface area contributed by atoms with Gasteiger partial charge in [0.25, 0.3) is 0 Å². The molecular weight excluding hydrogens is 266 g/mol. The van der Waals surface area contributed by atoms with Crippen LogP contribution >= 0.6 is 0 Å². The zero-order chi connectivity index (χ0) is 15.2. The fraction of sp³-hybridized carbons (Fsp3) is 0.0667. The molecule has 0 radical (unpaired) electrons. The number of anilines is 3.